The van der Waals surface area contributed by atoms with E-state index in [0.717, 1.165) is 0 Å². The first-order valence-corrected chi connectivity index (χ1v) is 3.83. The molecule has 4 nitrogen and oxygen atoms in total. The summed E-state index contributed by atoms with van der Waals surface area (Å²) in [6, 6.07) is 0.435. The molecular formula is C8H6F3NO3. The monoisotopic (exact) mass is 221 g/mol. The Balaban J connectivity index is 3.33. The third-order valence-corrected chi connectivity index (χ3v) is 1.68. The maximum Gasteiger partial charge on any atom is 0.308 e. The molecule has 1 aromatic heterocycles. The lowest BCUT2D eigenvalue weighted by molar-refractivity contribution is -0.136. The fourth-order valence-corrected chi connectivity index (χ4v) is 1.09. The molecule has 15 heavy (non-hydrogen) atoms. The maximum atomic E-state index is 12.6. The molecular weight excluding hydrogens is 215 g/mol. The SMILES string of the molecule is O=C(O)Cc1c(C(F)F)[nH]c(F)cc1=O. The zero-order valence-corrected chi connectivity index (χ0v) is 7.26. The number of carbonyl (C=O) groups is 1. The summed E-state index contributed by atoms with van der Waals surface area (Å²) in [6.07, 6.45) is -3.99. The number of hydrogen-bond acceptors (Lipinski definition) is 2. The number of halogens is 3. The Hall–Kier alpha value is -1.79. The van der Waals surface area contributed by atoms with Crippen LogP contribution in [-0.4, -0.2) is 16.1 Å². The topological polar surface area (TPSA) is 70.2 Å². The van der Waals surface area contributed by atoms with E-state index in [1.165, 1.54) is 0 Å². The average molecular weight is 221 g/mol. The molecule has 1 aromatic rings. The Bertz CT molecular complexity index is 441. The minimum absolute atomic E-state index is 0.435. The minimum atomic E-state index is -3.12. The number of H-pyrrole nitrogens is 1. The van der Waals surface area contributed by atoms with Gasteiger partial charge < -0.3 is 10.1 Å². The normalized spacial score (nSPS) is 10.7. The van der Waals surface area contributed by atoms with Gasteiger partial charge in [-0.3, -0.25) is 9.59 Å². The van der Waals surface area contributed by atoms with Crippen molar-refractivity contribution in [2.24, 2.45) is 0 Å². The highest BCUT2D eigenvalue weighted by Gasteiger charge is 2.19. The van der Waals surface area contributed by atoms with Crippen molar-refractivity contribution < 1.29 is 23.1 Å². The van der Waals surface area contributed by atoms with Gasteiger partial charge in [-0.15, -0.1) is 0 Å². The van der Waals surface area contributed by atoms with Crippen LogP contribution in [-0.2, 0) is 11.2 Å². The standard InChI is InChI=1S/C8H6F3NO3/c9-5-2-4(13)3(1-6(14)15)7(12-5)8(10)11/h2,8H,1H2,(H,12,13)(H,14,15). The van der Waals surface area contributed by atoms with Crippen LogP contribution in [0, 0.1) is 5.95 Å². The van der Waals surface area contributed by atoms with Crippen LogP contribution >= 0.6 is 0 Å². The van der Waals surface area contributed by atoms with E-state index >= 15 is 0 Å². The predicted molar refractivity (Wildman–Crippen MR) is 43.3 cm³/mol. The fraction of sp³-hybridized carbons (Fsp3) is 0.250. The lowest BCUT2D eigenvalue weighted by atomic mass is 10.1. The van der Waals surface area contributed by atoms with Crippen LogP contribution in [0.25, 0.3) is 0 Å². The summed E-state index contributed by atoms with van der Waals surface area (Å²) in [5.74, 6) is -2.65. The van der Waals surface area contributed by atoms with Crippen molar-refractivity contribution >= 4 is 5.97 Å². The third-order valence-electron chi connectivity index (χ3n) is 1.68. The van der Waals surface area contributed by atoms with Crippen LogP contribution in [0.15, 0.2) is 10.9 Å². The molecule has 0 unspecified atom stereocenters. The second kappa shape index (κ2) is 4.16. The molecule has 1 rings (SSSR count). The smallest absolute Gasteiger partial charge is 0.308 e. The zero-order chi connectivity index (χ0) is 11.6. The maximum absolute atomic E-state index is 12.6. The number of alkyl halides is 2. The second-order valence-electron chi connectivity index (χ2n) is 2.74. The van der Waals surface area contributed by atoms with Crippen molar-refractivity contribution in [1.29, 1.82) is 0 Å². The van der Waals surface area contributed by atoms with Crippen molar-refractivity contribution in [3.8, 4) is 0 Å². The third kappa shape index (κ3) is 2.58. The van der Waals surface area contributed by atoms with Crippen molar-refractivity contribution in [3.05, 3.63) is 33.5 Å². The van der Waals surface area contributed by atoms with Crippen LogP contribution in [0.3, 0.4) is 0 Å². The highest BCUT2D eigenvalue weighted by molar-refractivity contribution is 5.70. The van der Waals surface area contributed by atoms with Crippen molar-refractivity contribution in [2.45, 2.75) is 12.8 Å². The second-order valence-corrected chi connectivity index (χ2v) is 2.74. The van der Waals surface area contributed by atoms with E-state index in [9.17, 15) is 22.8 Å². The van der Waals surface area contributed by atoms with Gasteiger partial charge >= 0.3 is 5.97 Å². The van der Waals surface area contributed by atoms with Crippen LogP contribution in [0.4, 0.5) is 13.2 Å². The molecule has 0 aliphatic rings. The highest BCUT2D eigenvalue weighted by Crippen LogP contribution is 2.19. The number of pyridine rings is 1. The number of nitrogens with one attached hydrogen (secondary N) is 1. The first-order chi connectivity index (χ1) is 6.91. The molecule has 7 heteroatoms. The summed E-state index contributed by atoms with van der Waals surface area (Å²) in [4.78, 5) is 23.0. The summed E-state index contributed by atoms with van der Waals surface area (Å²) < 4.78 is 37.2. The highest BCUT2D eigenvalue weighted by atomic mass is 19.3. The van der Waals surface area contributed by atoms with Gasteiger partial charge in [0.2, 0.25) is 0 Å². The van der Waals surface area contributed by atoms with Gasteiger partial charge in [-0.05, 0) is 0 Å². The van der Waals surface area contributed by atoms with E-state index in [1.807, 2.05) is 0 Å². The molecule has 0 fully saturated rings. The van der Waals surface area contributed by atoms with Crippen LogP contribution in [0.2, 0.25) is 0 Å². The Morgan fingerprint density at radius 1 is 1.53 bits per heavy atom. The molecule has 0 bridgehead atoms. The van der Waals surface area contributed by atoms with E-state index in [-0.39, 0.29) is 0 Å². The van der Waals surface area contributed by atoms with Gasteiger partial charge in [-0.25, -0.2) is 8.78 Å². The van der Waals surface area contributed by atoms with Gasteiger partial charge in [0.15, 0.2) is 11.4 Å². The predicted octanol–water partition coefficient (Wildman–Crippen LogP) is 1.08. The lowest BCUT2D eigenvalue weighted by Crippen LogP contribution is -2.18. The molecule has 0 aliphatic heterocycles. The summed E-state index contributed by atoms with van der Waals surface area (Å²) in [6.45, 7) is 0. The molecule has 0 aliphatic carbocycles. The zero-order valence-electron chi connectivity index (χ0n) is 7.26. The van der Waals surface area contributed by atoms with E-state index in [1.54, 1.807) is 4.98 Å². The van der Waals surface area contributed by atoms with E-state index in [4.69, 9.17) is 5.11 Å². The van der Waals surface area contributed by atoms with E-state index < -0.39 is 41.4 Å². The Labute approximate surface area is 81.4 Å². The largest absolute Gasteiger partial charge is 0.481 e. The Morgan fingerprint density at radius 2 is 2.13 bits per heavy atom. The number of carboxylic acids is 1. The summed E-state index contributed by atoms with van der Waals surface area (Å²) >= 11 is 0. The molecule has 0 aromatic carbocycles. The van der Waals surface area contributed by atoms with Gasteiger partial charge in [0.1, 0.15) is 0 Å². The number of carboxylic acid groups (broad SMARTS) is 1. The molecule has 0 radical (unpaired) electrons. The lowest BCUT2D eigenvalue weighted by Gasteiger charge is -2.05. The average Bonchev–Trinajstić information content (AvgIpc) is 2.08. The molecule has 0 saturated heterocycles. The van der Waals surface area contributed by atoms with Gasteiger partial charge in [-0.1, -0.05) is 0 Å². The quantitative estimate of drug-likeness (QED) is 0.750. The summed E-state index contributed by atoms with van der Waals surface area (Å²) in [7, 11) is 0. The van der Waals surface area contributed by atoms with Crippen LogP contribution in [0.1, 0.15) is 17.7 Å². The number of hydrogen-bond donors (Lipinski definition) is 2. The van der Waals surface area contributed by atoms with Crippen molar-refractivity contribution in [3.63, 3.8) is 0 Å². The molecule has 82 valence electrons. The fourth-order valence-electron chi connectivity index (χ4n) is 1.09. The summed E-state index contributed by atoms with van der Waals surface area (Å²) in [5.41, 5.74) is -2.66. The van der Waals surface area contributed by atoms with E-state index in [2.05, 4.69) is 0 Å². The van der Waals surface area contributed by atoms with Gasteiger partial charge in [0, 0.05) is 11.6 Å². The first-order valence-electron chi connectivity index (χ1n) is 3.83. The van der Waals surface area contributed by atoms with Gasteiger partial charge in [0.05, 0.1) is 12.1 Å². The molecule has 1 heterocycles. The Morgan fingerprint density at radius 3 is 2.60 bits per heavy atom. The van der Waals surface area contributed by atoms with E-state index in [0.29, 0.717) is 6.07 Å². The minimum Gasteiger partial charge on any atom is -0.481 e. The molecule has 0 atom stereocenters. The number of rotatable bonds is 3. The summed E-state index contributed by atoms with van der Waals surface area (Å²) in [5, 5.41) is 8.38. The number of aromatic nitrogens is 1. The van der Waals surface area contributed by atoms with Crippen LogP contribution < -0.4 is 5.43 Å². The number of aromatic amines is 1. The molecule has 0 amide bonds. The van der Waals surface area contributed by atoms with Gasteiger partial charge in [0.25, 0.3) is 6.43 Å². The molecule has 0 spiro atoms. The number of aliphatic carboxylic acids is 1. The Kier molecular flexibility index (Phi) is 3.13. The van der Waals surface area contributed by atoms with Crippen LogP contribution in [0.5, 0.6) is 0 Å². The van der Waals surface area contributed by atoms with Gasteiger partial charge in [-0.2, -0.15) is 4.39 Å². The molecule has 2 N–H and O–H groups in total. The first kappa shape index (κ1) is 11.3. The van der Waals surface area contributed by atoms with Crippen molar-refractivity contribution in [2.75, 3.05) is 0 Å². The molecule has 0 saturated carbocycles. The van der Waals surface area contributed by atoms with Crippen molar-refractivity contribution in [1.82, 2.24) is 4.98 Å².